The molecule has 3 aromatic carbocycles. The number of hydrogen-bond donors (Lipinski definition) is 0. The van der Waals surface area contributed by atoms with Crippen molar-refractivity contribution in [2.24, 2.45) is 0 Å². The Bertz CT molecular complexity index is 1540. The van der Waals surface area contributed by atoms with Crippen LogP contribution in [0.25, 0.3) is 38.5 Å². The second-order valence-electron chi connectivity index (χ2n) is 7.44. The van der Waals surface area contributed by atoms with Gasteiger partial charge in [0.15, 0.2) is 0 Å². The van der Waals surface area contributed by atoms with E-state index in [1.807, 2.05) is 66.9 Å². The van der Waals surface area contributed by atoms with E-state index in [9.17, 15) is 0 Å². The largest absolute Gasteiger partial charge is 0.305 e. The maximum absolute atomic E-state index is 9.13. The molecule has 0 unspecified atom stereocenters. The van der Waals surface area contributed by atoms with Gasteiger partial charge in [0, 0.05) is 38.6 Å². The van der Waals surface area contributed by atoms with Crippen molar-refractivity contribution in [1.29, 1.82) is 10.5 Å². The number of hydrogen-bond acceptors (Lipinski definition) is 4. The molecule has 2 heterocycles. The van der Waals surface area contributed by atoms with Gasteiger partial charge in [0.25, 0.3) is 0 Å². The van der Waals surface area contributed by atoms with Gasteiger partial charge < -0.3 is 9.97 Å². The number of aromatic nitrogens is 2. The number of pyridine rings is 2. The fraction of sp³-hybridized carbons (Fsp3) is 0. The molecule has 0 aliphatic carbocycles. The summed E-state index contributed by atoms with van der Waals surface area (Å²) in [4.78, 5) is 11.8. The Kier molecular flexibility index (Phi) is 9.55. The van der Waals surface area contributed by atoms with Gasteiger partial charge in [0.2, 0.25) is 0 Å². The quantitative estimate of drug-likeness (QED) is 0.196. The first-order valence-electron chi connectivity index (χ1n) is 10.9. The van der Waals surface area contributed by atoms with Crippen molar-refractivity contribution in [2.75, 3.05) is 0 Å². The molecule has 1 radical (unpaired) electrons. The summed E-state index contributed by atoms with van der Waals surface area (Å²) >= 11 is 0. The van der Waals surface area contributed by atoms with Crippen molar-refractivity contribution in [2.45, 2.75) is 0 Å². The fourth-order valence-corrected chi connectivity index (χ4v) is 3.48. The summed E-state index contributed by atoms with van der Waals surface area (Å²) in [5.74, 6) is 0. The molecule has 0 spiro atoms. The minimum absolute atomic E-state index is 0. The minimum Gasteiger partial charge on any atom is -0.305 e. The third-order valence-corrected chi connectivity index (χ3v) is 5.18. The van der Waals surface area contributed by atoms with Crippen LogP contribution in [0.4, 0.5) is 5.69 Å². The molecular formula is C31H17IrN5-2. The smallest absolute Gasteiger partial charge is 0.107 e. The van der Waals surface area contributed by atoms with Gasteiger partial charge >= 0.3 is 0 Å². The van der Waals surface area contributed by atoms with Crippen LogP contribution in [0.1, 0.15) is 11.1 Å². The van der Waals surface area contributed by atoms with E-state index < -0.39 is 0 Å². The predicted molar refractivity (Wildman–Crippen MR) is 138 cm³/mol. The van der Waals surface area contributed by atoms with Gasteiger partial charge in [-0.1, -0.05) is 48.5 Å². The second-order valence-corrected chi connectivity index (χ2v) is 7.44. The van der Waals surface area contributed by atoms with Crippen molar-refractivity contribution < 1.29 is 20.1 Å². The van der Waals surface area contributed by atoms with E-state index >= 15 is 0 Å². The molecule has 5 rings (SSSR count). The number of rotatable bonds is 3. The average molecular weight is 652 g/mol. The predicted octanol–water partition coefficient (Wildman–Crippen LogP) is 7.06. The molecule has 5 nitrogen and oxygen atoms in total. The van der Waals surface area contributed by atoms with Crippen LogP contribution in [0, 0.1) is 41.4 Å². The zero-order valence-electron chi connectivity index (χ0n) is 19.4. The Morgan fingerprint density at radius 3 is 2.16 bits per heavy atom. The van der Waals surface area contributed by atoms with Crippen LogP contribution in [-0.2, 0) is 20.1 Å². The van der Waals surface area contributed by atoms with E-state index in [0.29, 0.717) is 11.3 Å². The van der Waals surface area contributed by atoms with Crippen molar-refractivity contribution in [3.63, 3.8) is 0 Å². The van der Waals surface area contributed by atoms with Gasteiger partial charge in [0.1, 0.15) is 5.69 Å². The summed E-state index contributed by atoms with van der Waals surface area (Å²) in [5.41, 5.74) is 5.85. The molecule has 0 N–H and O–H groups in total. The maximum atomic E-state index is 9.13. The molecule has 0 atom stereocenters. The van der Waals surface area contributed by atoms with Crippen LogP contribution >= 0.6 is 0 Å². The molecule has 37 heavy (non-hydrogen) atoms. The van der Waals surface area contributed by atoms with Crippen LogP contribution in [0.5, 0.6) is 0 Å². The SMILES string of the molecule is [C-]#[N+]c1[c-]c(-c2ccccn2)c(C#N)c(C#N)c1.[Ir].[c-]1ccccc1-c1cc(-c2ccccc2)ccn1. The average Bonchev–Trinajstić information content (AvgIpc) is 2.98. The molecular weight excluding hydrogens is 635 g/mol. The monoisotopic (exact) mass is 652 g/mol. The summed E-state index contributed by atoms with van der Waals surface area (Å²) in [6, 6.07) is 38.8. The van der Waals surface area contributed by atoms with Crippen LogP contribution < -0.4 is 0 Å². The first-order valence-corrected chi connectivity index (χ1v) is 10.9. The van der Waals surface area contributed by atoms with Gasteiger partial charge in [0.05, 0.1) is 12.6 Å². The Balaban J connectivity index is 0.000000200. The second kappa shape index (κ2) is 13.2. The molecule has 0 saturated heterocycles. The Morgan fingerprint density at radius 2 is 1.51 bits per heavy atom. The summed E-state index contributed by atoms with van der Waals surface area (Å²) in [5, 5.41) is 18.1. The van der Waals surface area contributed by atoms with Crippen LogP contribution in [0.2, 0.25) is 0 Å². The topological polar surface area (TPSA) is 77.7 Å². The maximum Gasteiger partial charge on any atom is 0.107 e. The third-order valence-electron chi connectivity index (χ3n) is 5.18. The normalized spacial score (nSPS) is 9.32. The van der Waals surface area contributed by atoms with E-state index in [1.165, 1.54) is 17.2 Å². The van der Waals surface area contributed by atoms with Crippen molar-refractivity contribution in [3.8, 4) is 45.8 Å². The molecule has 0 aliphatic heterocycles. The molecule has 0 fully saturated rings. The van der Waals surface area contributed by atoms with Crippen molar-refractivity contribution >= 4 is 5.69 Å². The fourth-order valence-electron chi connectivity index (χ4n) is 3.48. The molecule has 0 aliphatic rings. The molecule has 0 bridgehead atoms. The summed E-state index contributed by atoms with van der Waals surface area (Å²) in [6.45, 7) is 6.98. The van der Waals surface area contributed by atoms with E-state index in [-0.39, 0.29) is 36.9 Å². The van der Waals surface area contributed by atoms with Gasteiger partial charge in [-0.25, -0.2) is 5.26 Å². The van der Waals surface area contributed by atoms with Crippen molar-refractivity contribution in [1.82, 2.24) is 9.97 Å². The zero-order valence-corrected chi connectivity index (χ0v) is 21.8. The van der Waals surface area contributed by atoms with Gasteiger partial charge in [-0.3, -0.25) is 4.85 Å². The standard InChI is InChI=1S/C17H12N.C14H5N4.Ir/c1-3-7-14(8-4-1)16-11-12-18-17(13-16)15-9-5-2-6-10-15;1-17-11-6-10(8-15)13(9-16)12(7-11)14-4-2-3-5-18-14;/h1-9,11-13H;2-6H;/q2*-1;. The Morgan fingerprint density at radius 1 is 0.757 bits per heavy atom. The van der Waals surface area contributed by atoms with Gasteiger partial charge in [-0.05, 0) is 45.8 Å². The van der Waals surface area contributed by atoms with Crippen LogP contribution in [0.15, 0.2) is 103 Å². The van der Waals surface area contributed by atoms with E-state index in [2.05, 4.69) is 45.1 Å². The van der Waals surface area contributed by atoms with E-state index in [4.69, 9.17) is 17.1 Å². The van der Waals surface area contributed by atoms with Gasteiger partial charge in [-0.2, -0.15) is 5.26 Å². The molecule has 5 aromatic rings. The number of nitrogens with zero attached hydrogens (tertiary/aromatic N) is 5. The van der Waals surface area contributed by atoms with E-state index in [0.717, 1.165) is 11.3 Å². The van der Waals surface area contributed by atoms with Crippen molar-refractivity contribution in [3.05, 3.63) is 138 Å². The minimum atomic E-state index is 0. The number of benzene rings is 3. The summed E-state index contributed by atoms with van der Waals surface area (Å²) < 4.78 is 0. The Hall–Kier alpha value is -4.92. The molecule has 0 amide bonds. The zero-order chi connectivity index (χ0) is 25.2. The first-order chi connectivity index (χ1) is 17.7. The van der Waals surface area contributed by atoms with Gasteiger partial charge in [-0.15, -0.1) is 53.6 Å². The summed E-state index contributed by atoms with van der Waals surface area (Å²) in [7, 11) is 0. The molecule has 177 valence electrons. The summed E-state index contributed by atoms with van der Waals surface area (Å²) in [6.07, 6.45) is 3.43. The molecule has 6 heteroatoms. The molecule has 0 saturated carbocycles. The van der Waals surface area contributed by atoms with E-state index in [1.54, 1.807) is 24.4 Å². The molecule has 2 aromatic heterocycles. The third kappa shape index (κ3) is 6.60. The number of nitriles is 2. The van der Waals surface area contributed by atoms with Crippen LogP contribution in [0.3, 0.4) is 0 Å². The Labute approximate surface area is 229 Å². The van der Waals surface area contributed by atoms with Crippen LogP contribution in [-0.4, -0.2) is 9.97 Å². The first kappa shape index (κ1) is 26.7.